The van der Waals surface area contributed by atoms with Crippen molar-refractivity contribution in [2.75, 3.05) is 13.1 Å². The summed E-state index contributed by atoms with van der Waals surface area (Å²) in [6.45, 7) is 2.98. The number of hydrogen-bond donors (Lipinski definition) is 3. The molecule has 0 fully saturated rings. The Morgan fingerprint density at radius 2 is 1.72 bits per heavy atom. The Balaban J connectivity index is 0.000000166. The van der Waals surface area contributed by atoms with Crippen LogP contribution in [0.5, 0.6) is 5.75 Å². The van der Waals surface area contributed by atoms with Gasteiger partial charge in [-0.2, -0.15) is 10.2 Å². The molecule has 15 heteroatoms. The maximum atomic E-state index is 12.4. The first-order valence-corrected chi connectivity index (χ1v) is 20.6. The van der Waals surface area contributed by atoms with Gasteiger partial charge in [0.25, 0.3) is 5.91 Å². The average Bonchev–Trinajstić information content (AvgIpc) is 4.02. The van der Waals surface area contributed by atoms with Gasteiger partial charge in [-0.25, -0.2) is 0 Å². The summed E-state index contributed by atoms with van der Waals surface area (Å²) in [7, 11) is 0. The van der Waals surface area contributed by atoms with Crippen molar-refractivity contribution < 1.29 is 43.4 Å². The Hall–Kier alpha value is -5.88. The van der Waals surface area contributed by atoms with E-state index in [1.807, 2.05) is 76.9 Å². The zero-order valence-electron chi connectivity index (χ0n) is 33.1. The molecule has 60 heavy (non-hydrogen) atoms. The molecule has 3 aliphatic rings. The molecule has 7 aromatic rings. The molecule has 1 atom stereocenters. The Bertz CT molecular complexity index is 2630. The number of benzene rings is 2. The van der Waals surface area contributed by atoms with Crippen molar-refractivity contribution in [3.8, 4) is 39.5 Å². The van der Waals surface area contributed by atoms with Crippen molar-refractivity contribution in [1.29, 1.82) is 0 Å². The number of aromatic carboxylic acids is 1. The number of fused-ring (bicyclic) bond motifs is 8. The van der Waals surface area contributed by atoms with Crippen LogP contribution in [-0.4, -0.2) is 65.7 Å². The minimum absolute atomic E-state index is 0. The summed E-state index contributed by atoms with van der Waals surface area (Å²) in [5.41, 5.74) is 11.3. The van der Waals surface area contributed by atoms with E-state index in [1.54, 1.807) is 23.7 Å². The smallest absolute Gasteiger partial charge is 0.543 e. The number of pyridine rings is 2. The third kappa shape index (κ3) is 8.56. The van der Waals surface area contributed by atoms with Crippen molar-refractivity contribution >= 4 is 23.2 Å². The van der Waals surface area contributed by atoms with Crippen molar-refractivity contribution in [2.45, 2.75) is 58.0 Å². The second-order valence-electron chi connectivity index (χ2n) is 14.7. The number of aromatic nitrogens is 6. The molecule has 0 bridgehead atoms. The molecule has 2 aromatic carbocycles. The zero-order valence-corrected chi connectivity index (χ0v) is 34.0. The van der Waals surface area contributed by atoms with Crippen molar-refractivity contribution in [1.82, 2.24) is 40.2 Å². The topological polar surface area (TPSA) is 172 Å². The number of thiophene rings is 1. The van der Waals surface area contributed by atoms with Gasteiger partial charge < -0.3 is 30.4 Å². The number of aryl methyl sites for hydroxylation is 2. The van der Waals surface area contributed by atoms with E-state index in [4.69, 9.17) is 14.8 Å². The number of aliphatic hydroxyl groups is 1. The van der Waals surface area contributed by atoms with Crippen LogP contribution in [0.2, 0.25) is 0 Å². The zero-order chi connectivity index (χ0) is 40.3. The van der Waals surface area contributed by atoms with E-state index in [9.17, 15) is 19.8 Å². The number of ether oxygens (including phenoxy) is 1. The second-order valence-corrected chi connectivity index (χ2v) is 15.8. The van der Waals surface area contributed by atoms with E-state index in [0.29, 0.717) is 56.9 Å². The summed E-state index contributed by atoms with van der Waals surface area (Å²) in [6.07, 6.45) is 7.63. The fourth-order valence-corrected chi connectivity index (χ4v) is 8.65. The summed E-state index contributed by atoms with van der Waals surface area (Å²) in [6, 6.07) is 26.1. The first-order chi connectivity index (χ1) is 28.9. The molecule has 1 aliphatic heterocycles. The Morgan fingerprint density at radius 1 is 0.933 bits per heavy atom. The number of carboxylic acid groups (broad SMARTS) is 1. The average molecular weight is 813 g/mol. The number of rotatable bonds is 11. The molecule has 0 saturated carbocycles. The van der Waals surface area contributed by atoms with Crippen LogP contribution >= 0.6 is 11.3 Å². The van der Waals surface area contributed by atoms with Crippen molar-refractivity contribution in [3.05, 3.63) is 147 Å². The number of carboxylic acids is 1. The van der Waals surface area contributed by atoms with Crippen molar-refractivity contribution in [2.24, 2.45) is 0 Å². The number of aliphatic hydroxyl groups excluding tert-OH is 1. The number of carbonyl (C=O) groups excluding carboxylic acids is 2. The number of carbonyl (C=O) groups is 2. The first kappa shape index (κ1) is 40.9. The van der Waals surface area contributed by atoms with Gasteiger partial charge in [0.2, 0.25) is 0 Å². The monoisotopic (exact) mass is 812 g/mol. The van der Waals surface area contributed by atoms with Gasteiger partial charge in [0.1, 0.15) is 18.1 Å². The fraction of sp³-hybridized carbons (Fsp3) is 0.244. The fourth-order valence-electron chi connectivity index (χ4n) is 7.98. The molecule has 6 heterocycles. The Kier molecular flexibility index (Phi) is 12.4. The van der Waals surface area contributed by atoms with Gasteiger partial charge in [0.05, 0.1) is 47.9 Å². The summed E-state index contributed by atoms with van der Waals surface area (Å²) in [5, 5.41) is 39.5. The molecular formula is C45H41LiN8O5S. The molecule has 0 radical (unpaired) electrons. The molecule has 0 spiro atoms. The number of hydrogen-bond acceptors (Lipinski definition) is 11. The van der Waals surface area contributed by atoms with Crippen LogP contribution in [0.15, 0.2) is 103 Å². The predicted molar refractivity (Wildman–Crippen MR) is 221 cm³/mol. The molecule has 5 aromatic heterocycles. The van der Waals surface area contributed by atoms with E-state index in [0.717, 1.165) is 69.1 Å². The van der Waals surface area contributed by atoms with Crippen LogP contribution in [-0.2, 0) is 51.9 Å². The standard InChI is InChI=1S/C26H22N4O2.C19H20N4O3S.Li/c31-26-25-21-11-8-19-15-28-23(14-22(19)24(21)29-30(25)13-12-27-26)18-6-9-20(10-7-18)32-16-17-4-2-1-3-5-17;24-13(9-21-10-14-2-1-7-27-14)11-23-18(19(25)26)16-4-3-12-8-20-6-5-15(12)17(16)22-23;/h1-7,9-10,14-15H,8,11-13,16H2,(H,27,31);1-2,5-8,13,21,24H,3-4,9-11H2,(H,25,26);/q;;+1/p-1. The van der Waals surface area contributed by atoms with Crippen LogP contribution in [0.1, 0.15) is 53.7 Å². The molecule has 2 aliphatic carbocycles. The van der Waals surface area contributed by atoms with Gasteiger partial charge in [-0.15, -0.1) is 11.3 Å². The number of nitrogens with zero attached hydrogens (tertiary/aromatic N) is 6. The van der Waals surface area contributed by atoms with E-state index in [1.165, 1.54) is 15.1 Å². The normalized spacial score (nSPS) is 13.8. The molecule has 13 nitrogen and oxygen atoms in total. The second kappa shape index (κ2) is 18.2. The predicted octanol–water partition coefficient (Wildman–Crippen LogP) is 1.66. The van der Waals surface area contributed by atoms with Gasteiger partial charge in [0, 0.05) is 70.9 Å². The quantitative estimate of drug-likeness (QED) is 0.163. The van der Waals surface area contributed by atoms with Crippen LogP contribution in [0.25, 0.3) is 33.8 Å². The minimum Gasteiger partial charge on any atom is -0.543 e. The van der Waals surface area contributed by atoms with Crippen LogP contribution in [0, 0.1) is 0 Å². The number of amides is 1. The SMILES string of the molecule is O=C([O-])c1c2c(nn1CC(O)CNCc1cccs1)-c1ccncc1CC2.O=C1NCCn2nc3c(c21)CCc1cnc(-c2ccc(OCc4ccccc4)cc2)cc1-3.[Li+]. The molecule has 3 N–H and O–H groups in total. The van der Waals surface area contributed by atoms with Crippen molar-refractivity contribution in [3.63, 3.8) is 0 Å². The Morgan fingerprint density at radius 3 is 2.50 bits per heavy atom. The van der Waals surface area contributed by atoms with Crippen LogP contribution < -0.4 is 39.3 Å². The van der Waals surface area contributed by atoms with E-state index >= 15 is 0 Å². The maximum Gasteiger partial charge on any atom is 1.00 e. The van der Waals surface area contributed by atoms with Gasteiger partial charge in [-0.1, -0.05) is 36.4 Å². The maximum absolute atomic E-state index is 12.4. The summed E-state index contributed by atoms with van der Waals surface area (Å²) < 4.78 is 9.13. The van der Waals surface area contributed by atoms with E-state index < -0.39 is 12.1 Å². The van der Waals surface area contributed by atoms with E-state index in [2.05, 4.69) is 38.9 Å². The third-order valence-corrected chi connectivity index (χ3v) is 11.7. The number of nitrogens with one attached hydrogen (secondary N) is 2. The van der Waals surface area contributed by atoms with E-state index in [-0.39, 0.29) is 37.0 Å². The molecular weight excluding hydrogens is 772 g/mol. The molecule has 1 amide bonds. The summed E-state index contributed by atoms with van der Waals surface area (Å²) >= 11 is 1.64. The van der Waals surface area contributed by atoms with Gasteiger partial charge in [-0.05, 0) is 90.2 Å². The minimum atomic E-state index is -1.26. The van der Waals surface area contributed by atoms with Crippen LogP contribution in [0.3, 0.4) is 0 Å². The summed E-state index contributed by atoms with van der Waals surface area (Å²) in [5.74, 6) is -0.459. The van der Waals surface area contributed by atoms with Gasteiger partial charge in [0.15, 0.2) is 0 Å². The van der Waals surface area contributed by atoms with Crippen LogP contribution in [0.4, 0.5) is 0 Å². The molecule has 0 saturated heterocycles. The van der Waals surface area contributed by atoms with Gasteiger partial charge in [-0.3, -0.25) is 24.1 Å². The largest absolute Gasteiger partial charge is 1.00 e. The Labute approximate surface area is 362 Å². The molecule has 1 unspecified atom stereocenters. The molecule has 10 rings (SSSR count). The summed E-state index contributed by atoms with van der Waals surface area (Å²) in [4.78, 5) is 34.1. The third-order valence-electron chi connectivity index (χ3n) is 10.8. The first-order valence-electron chi connectivity index (χ1n) is 19.7. The molecule has 298 valence electrons. The van der Waals surface area contributed by atoms with Gasteiger partial charge >= 0.3 is 18.9 Å².